The van der Waals surface area contributed by atoms with Crippen molar-refractivity contribution >= 4 is 29.2 Å². The number of nitrogens with zero attached hydrogens (tertiary/aromatic N) is 1. The Morgan fingerprint density at radius 3 is 2.50 bits per heavy atom. The van der Waals surface area contributed by atoms with Gasteiger partial charge in [-0.05, 0) is 62.5 Å². The summed E-state index contributed by atoms with van der Waals surface area (Å²) in [5.74, 6) is 0.733. The van der Waals surface area contributed by atoms with Crippen LogP contribution in [0.4, 0.5) is 0 Å². The molecule has 1 atom stereocenters. The lowest BCUT2D eigenvalue weighted by atomic mass is 9.89. The number of nitrogens with two attached hydrogens (primary N) is 2. The van der Waals surface area contributed by atoms with Crippen molar-refractivity contribution in [1.29, 1.82) is 0 Å². The first kappa shape index (κ1) is 23.1. The van der Waals surface area contributed by atoms with Crippen LogP contribution < -0.4 is 16.8 Å². The number of carbonyl (C=O) groups is 1. The maximum absolute atomic E-state index is 12.7. The summed E-state index contributed by atoms with van der Waals surface area (Å²) in [5, 5.41) is 4.39. The average Bonchev–Trinajstić information content (AvgIpc) is 3.08. The maximum Gasteiger partial charge on any atom is 0.237 e. The van der Waals surface area contributed by atoms with Crippen molar-refractivity contribution in [2.24, 2.45) is 17.4 Å². The highest BCUT2D eigenvalue weighted by molar-refractivity contribution is 5.86. The number of nitrogens with one attached hydrogen (secondary N) is 1. The normalized spacial score (nSPS) is 23.7. The van der Waals surface area contributed by atoms with Gasteiger partial charge >= 0.3 is 0 Å². The second-order valence-electron chi connectivity index (χ2n) is 9.26. The van der Waals surface area contributed by atoms with Crippen LogP contribution in [0.3, 0.4) is 0 Å². The molecule has 1 unspecified atom stereocenters. The molecule has 166 valence electrons. The monoisotopic (exact) mass is 432 g/mol. The zero-order chi connectivity index (χ0) is 20.2. The van der Waals surface area contributed by atoms with Gasteiger partial charge in [-0.3, -0.25) is 4.79 Å². The van der Waals surface area contributed by atoms with Gasteiger partial charge in [-0.15, -0.1) is 12.4 Å². The van der Waals surface area contributed by atoms with Crippen LogP contribution in [0.2, 0.25) is 0 Å². The number of hydrogen-bond acceptors (Lipinski definition) is 3. The minimum absolute atomic E-state index is 0. The van der Waals surface area contributed by atoms with Gasteiger partial charge in [0.15, 0.2) is 0 Å². The third-order valence-corrected chi connectivity index (χ3v) is 6.95. The first-order valence-electron chi connectivity index (χ1n) is 11.5. The molecular formula is C24H37ClN4O. The molecule has 1 amide bonds. The molecule has 2 aliphatic rings. The van der Waals surface area contributed by atoms with Crippen LogP contribution in [0.25, 0.3) is 10.9 Å². The number of halogens is 1. The molecule has 0 radical (unpaired) electrons. The minimum Gasteiger partial charge on any atom is -0.352 e. The Kier molecular flexibility index (Phi) is 8.20. The summed E-state index contributed by atoms with van der Waals surface area (Å²) < 4.78 is 2.40. The van der Waals surface area contributed by atoms with Crippen molar-refractivity contribution in [3.05, 3.63) is 36.0 Å². The van der Waals surface area contributed by atoms with Crippen molar-refractivity contribution in [3.8, 4) is 0 Å². The van der Waals surface area contributed by atoms with Crippen LogP contribution in [-0.4, -0.2) is 28.6 Å². The first-order valence-corrected chi connectivity index (χ1v) is 11.5. The lowest BCUT2D eigenvalue weighted by Crippen LogP contribution is -2.48. The van der Waals surface area contributed by atoms with Gasteiger partial charge in [0.1, 0.15) is 0 Å². The Balaban J connectivity index is 0.00000256. The van der Waals surface area contributed by atoms with Crippen molar-refractivity contribution in [2.75, 3.05) is 0 Å². The fraction of sp³-hybridized carbons (Fsp3) is 0.625. The highest BCUT2D eigenvalue weighted by atomic mass is 35.5. The standard InChI is InChI=1S/C24H36N4O.ClH/c25-19-10-12-20(13-11-19)27-24(29)22(26)14-18-16-28(15-17-6-2-1-3-7-17)23-9-5-4-8-21(18)23;/h4-5,8-9,16-17,19-20,22H,1-3,6-7,10-15,25-26H2,(H,27,29);1H. The van der Waals surface area contributed by atoms with E-state index in [1.807, 2.05) is 0 Å². The van der Waals surface area contributed by atoms with E-state index in [1.54, 1.807) is 0 Å². The Labute approximate surface area is 186 Å². The minimum atomic E-state index is -0.514. The predicted octanol–water partition coefficient (Wildman–Crippen LogP) is 3.90. The molecular weight excluding hydrogens is 396 g/mol. The first-order chi connectivity index (χ1) is 14.1. The lowest BCUT2D eigenvalue weighted by Gasteiger charge is -2.27. The van der Waals surface area contributed by atoms with Gasteiger partial charge in [-0.1, -0.05) is 37.5 Å². The van der Waals surface area contributed by atoms with Gasteiger partial charge in [0, 0.05) is 35.7 Å². The summed E-state index contributed by atoms with van der Waals surface area (Å²) in [6.45, 7) is 1.07. The molecule has 0 spiro atoms. The number of para-hydroxylation sites is 1. The van der Waals surface area contributed by atoms with Gasteiger partial charge in [-0.25, -0.2) is 0 Å². The zero-order valence-corrected chi connectivity index (χ0v) is 18.7. The molecule has 2 fully saturated rings. The van der Waals surface area contributed by atoms with E-state index in [0.717, 1.165) is 38.1 Å². The summed E-state index contributed by atoms with van der Waals surface area (Å²) in [6.07, 6.45) is 13.4. The van der Waals surface area contributed by atoms with Crippen molar-refractivity contribution in [3.63, 3.8) is 0 Å². The van der Waals surface area contributed by atoms with Crippen LogP contribution >= 0.6 is 12.4 Å². The molecule has 5 N–H and O–H groups in total. The molecule has 5 nitrogen and oxygen atoms in total. The predicted molar refractivity (Wildman–Crippen MR) is 126 cm³/mol. The number of aromatic nitrogens is 1. The van der Waals surface area contributed by atoms with Gasteiger partial charge in [0.25, 0.3) is 0 Å². The lowest BCUT2D eigenvalue weighted by molar-refractivity contribution is -0.123. The van der Waals surface area contributed by atoms with E-state index in [4.69, 9.17) is 11.5 Å². The molecule has 2 aromatic rings. The Morgan fingerprint density at radius 1 is 1.07 bits per heavy atom. The van der Waals surface area contributed by atoms with Crippen molar-refractivity contribution in [1.82, 2.24) is 9.88 Å². The van der Waals surface area contributed by atoms with Crippen LogP contribution in [0.15, 0.2) is 30.5 Å². The van der Waals surface area contributed by atoms with E-state index in [-0.39, 0.29) is 30.4 Å². The number of amides is 1. The van der Waals surface area contributed by atoms with Crippen LogP contribution in [0, 0.1) is 5.92 Å². The second kappa shape index (κ2) is 10.7. The topological polar surface area (TPSA) is 86.1 Å². The Morgan fingerprint density at radius 2 is 1.77 bits per heavy atom. The summed E-state index contributed by atoms with van der Waals surface area (Å²) in [5.41, 5.74) is 14.8. The quantitative estimate of drug-likeness (QED) is 0.646. The molecule has 0 aliphatic heterocycles. The Bertz CT molecular complexity index is 822. The maximum atomic E-state index is 12.7. The number of fused-ring (bicyclic) bond motifs is 1. The summed E-state index contributed by atoms with van der Waals surface area (Å²) in [4.78, 5) is 12.7. The molecule has 1 aromatic heterocycles. The SMILES string of the molecule is Cl.NC1CCC(NC(=O)C(N)Cc2cn(CC3CCCCC3)c3ccccc23)CC1. The van der Waals surface area contributed by atoms with Gasteiger partial charge < -0.3 is 21.4 Å². The highest BCUT2D eigenvalue weighted by Gasteiger charge is 2.24. The average molecular weight is 433 g/mol. The molecule has 1 heterocycles. The fourth-order valence-electron chi connectivity index (χ4n) is 5.19. The van der Waals surface area contributed by atoms with Crippen LogP contribution in [-0.2, 0) is 17.8 Å². The van der Waals surface area contributed by atoms with Gasteiger partial charge in [0.05, 0.1) is 6.04 Å². The van der Waals surface area contributed by atoms with E-state index in [0.29, 0.717) is 6.42 Å². The fourth-order valence-corrected chi connectivity index (χ4v) is 5.19. The number of hydrogen-bond donors (Lipinski definition) is 3. The molecule has 2 saturated carbocycles. The van der Waals surface area contributed by atoms with Crippen LogP contribution in [0.5, 0.6) is 0 Å². The third-order valence-electron chi connectivity index (χ3n) is 6.95. The molecule has 0 bridgehead atoms. The van der Waals surface area contributed by atoms with Gasteiger partial charge in [0.2, 0.25) is 5.91 Å². The van der Waals surface area contributed by atoms with E-state index in [1.165, 1.54) is 48.6 Å². The third kappa shape index (κ3) is 5.57. The summed E-state index contributed by atoms with van der Waals surface area (Å²) in [7, 11) is 0. The molecule has 2 aliphatic carbocycles. The summed E-state index contributed by atoms with van der Waals surface area (Å²) in [6, 6.07) is 8.53. The van der Waals surface area contributed by atoms with E-state index in [2.05, 4.69) is 40.3 Å². The highest BCUT2D eigenvalue weighted by Crippen LogP contribution is 2.29. The van der Waals surface area contributed by atoms with E-state index in [9.17, 15) is 4.79 Å². The molecule has 0 saturated heterocycles. The van der Waals surface area contributed by atoms with E-state index < -0.39 is 6.04 Å². The number of rotatable bonds is 6. The Hall–Kier alpha value is -1.56. The largest absolute Gasteiger partial charge is 0.352 e. The molecule has 30 heavy (non-hydrogen) atoms. The van der Waals surface area contributed by atoms with Crippen molar-refractivity contribution < 1.29 is 4.79 Å². The summed E-state index contributed by atoms with van der Waals surface area (Å²) >= 11 is 0. The second-order valence-corrected chi connectivity index (χ2v) is 9.26. The molecule has 6 heteroatoms. The zero-order valence-electron chi connectivity index (χ0n) is 17.9. The molecule has 4 rings (SSSR count). The van der Waals surface area contributed by atoms with E-state index >= 15 is 0 Å². The van der Waals surface area contributed by atoms with Crippen LogP contribution in [0.1, 0.15) is 63.4 Å². The molecule has 1 aromatic carbocycles. The number of benzene rings is 1. The number of carbonyl (C=O) groups excluding carboxylic acids is 1. The van der Waals surface area contributed by atoms with Crippen molar-refractivity contribution in [2.45, 2.75) is 88.9 Å². The van der Waals surface area contributed by atoms with Gasteiger partial charge in [-0.2, -0.15) is 0 Å². The smallest absolute Gasteiger partial charge is 0.237 e.